The third-order valence-corrected chi connectivity index (χ3v) is 3.15. The standard InChI is InChI=1S/C12H18FN5O/c1-8(19)16-9-3-5-18(6-4-9)11-10(13)7-15-12(14-2)17-11/h7,9H,3-6H2,1-2H3,(H,16,19)(H,14,15,17). The molecule has 2 N–H and O–H groups in total. The van der Waals surface area contributed by atoms with Gasteiger partial charge in [0.1, 0.15) is 0 Å². The molecule has 0 aliphatic carbocycles. The lowest BCUT2D eigenvalue weighted by molar-refractivity contribution is -0.119. The number of hydrogen-bond acceptors (Lipinski definition) is 5. The molecule has 104 valence electrons. The molecular weight excluding hydrogens is 249 g/mol. The molecule has 1 aliphatic heterocycles. The van der Waals surface area contributed by atoms with Gasteiger partial charge in [-0.1, -0.05) is 0 Å². The number of aromatic nitrogens is 2. The van der Waals surface area contributed by atoms with Gasteiger partial charge in [-0.3, -0.25) is 4.79 Å². The summed E-state index contributed by atoms with van der Waals surface area (Å²) in [5.74, 6) is 0.280. The minimum Gasteiger partial charge on any atom is -0.357 e. The Morgan fingerprint density at radius 2 is 2.16 bits per heavy atom. The lowest BCUT2D eigenvalue weighted by atomic mass is 10.1. The van der Waals surface area contributed by atoms with Crippen molar-refractivity contribution in [1.29, 1.82) is 0 Å². The lowest BCUT2D eigenvalue weighted by Crippen LogP contribution is -2.44. The Kier molecular flexibility index (Phi) is 4.13. The van der Waals surface area contributed by atoms with Crippen LogP contribution in [-0.4, -0.2) is 42.1 Å². The molecule has 0 aromatic carbocycles. The predicted octanol–water partition coefficient (Wildman–Crippen LogP) is 0.762. The van der Waals surface area contributed by atoms with E-state index in [1.165, 1.54) is 13.1 Å². The van der Waals surface area contributed by atoms with Crippen molar-refractivity contribution in [2.24, 2.45) is 0 Å². The highest BCUT2D eigenvalue weighted by Gasteiger charge is 2.23. The predicted molar refractivity (Wildman–Crippen MR) is 70.6 cm³/mol. The molecule has 1 aliphatic rings. The van der Waals surface area contributed by atoms with Crippen molar-refractivity contribution in [2.75, 3.05) is 30.4 Å². The Balaban J connectivity index is 2.03. The fraction of sp³-hybridized carbons (Fsp3) is 0.583. The summed E-state index contributed by atoms with van der Waals surface area (Å²) in [6.07, 6.45) is 2.75. The molecule has 1 fully saturated rings. The molecule has 7 heteroatoms. The summed E-state index contributed by atoms with van der Waals surface area (Å²) in [4.78, 5) is 20.8. The highest BCUT2D eigenvalue weighted by Crippen LogP contribution is 2.21. The summed E-state index contributed by atoms with van der Waals surface area (Å²) >= 11 is 0. The molecule has 1 saturated heterocycles. The van der Waals surface area contributed by atoms with Crippen LogP contribution in [0.5, 0.6) is 0 Å². The molecule has 6 nitrogen and oxygen atoms in total. The maximum absolute atomic E-state index is 13.7. The Bertz CT molecular complexity index is 459. The van der Waals surface area contributed by atoms with Crippen LogP contribution in [0.1, 0.15) is 19.8 Å². The highest BCUT2D eigenvalue weighted by atomic mass is 19.1. The molecule has 2 rings (SSSR count). The van der Waals surface area contributed by atoms with Crippen LogP contribution in [0.4, 0.5) is 16.2 Å². The largest absolute Gasteiger partial charge is 0.357 e. The molecule has 1 aromatic rings. The van der Waals surface area contributed by atoms with Crippen molar-refractivity contribution in [3.05, 3.63) is 12.0 Å². The third kappa shape index (κ3) is 3.30. The summed E-state index contributed by atoms with van der Waals surface area (Å²) < 4.78 is 13.7. The Hall–Kier alpha value is -1.92. The summed E-state index contributed by atoms with van der Waals surface area (Å²) in [5.41, 5.74) is 0. The number of halogens is 1. The van der Waals surface area contributed by atoms with Gasteiger partial charge in [0, 0.05) is 33.1 Å². The smallest absolute Gasteiger partial charge is 0.224 e. The topological polar surface area (TPSA) is 70.2 Å². The molecule has 1 aromatic heterocycles. The van der Waals surface area contributed by atoms with Gasteiger partial charge < -0.3 is 15.5 Å². The molecule has 2 heterocycles. The average Bonchev–Trinajstić information content (AvgIpc) is 2.40. The first-order valence-corrected chi connectivity index (χ1v) is 6.32. The van der Waals surface area contributed by atoms with Gasteiger partial charge in [0.05, 0.1) is 6.20 Å². The van der Waals surface area contributed by atoms with Gasteiger partial charge in [-0.05, 0) is 12.8 Å². The van der Waals surface area contributed by atoms with Crippen molar-refractivity contribution in [3.8, 4) is 0 Å². The van der Waals surface area contributed by atoms with Crippen LogP contribution in [-0.2, 0) is 4.79 Å². The Morgan fingerprint density at radius 1 is 1.47 bits per heavy atom. The zero-order valence-electron chi connectivity index (χ0n) is 11.1. The van der Waals surface area contributed by atoms with E-state index in [9.17, 15) is 9.18 Å². The van der Waals surface area contributed by atoms with Gasteiger partial charge in [-0.25, -0.2) is 9.37 Å². The molecule has 0 saturated carbocycles. The van der Waals surface area contributed by atoms with Crippen LogP contribution < -0.4 is 15.5 Å². The fourth-order valence-corrected chi connectivity index (χ4v) is 2.22. The van der Waals surface area contributed by atoms with E-state index in [2.05, 4.69) is 20.6 Å². The van der Waals surface area contributed by atoms with E-state index in [0.717, 1.165) is 12.8 Å². The van der Waals surface area contributed by atoms with E-state index in [4.69, 9.17) is 0 Å². The molecule has 1 amide bonds. The second-order valence-corrected chi connectivity index (χ2v) is 4.58. The number of hydrogen-bond donors (Lipinski definition) is 2. The molecule has 0 radical (unpaired) electrons. The SMILES string of the molecule is CNc1ncc(F)c(N2CCC(NC(C)=O)CC2)n1. The normalized spacial score (nSPS) is 16.3. The number of amides is 1. The van der Waals surface area contributed by atoms with Crippen molar-refractivity contribution < 1.29 is 9.18 Å². The summed E-state index contributed by atoms with van der Waals surface area (Å²) in [6, 6.07) is 0.169. The minimum atomic E-state index is -0.419. The van der Waals surface area contributed by atoms with Gasteiger partial charge >= 0.3 is 0 Å². The number of rotatable bonds is 3. The van der Waals surface area contributed by atoms with Gasteiger partial charge in [0.15, 0.2) is 11.6 Å². The number of anilines is 2. The number of carbonyl (C=O) groups excluding carboxylic acids is 1. The van der Waals surface area contributed by atoms with E-state index >= 15 is 0 Å². The summed E-state index contributed by atoms with van der Waals surface area (Å²) in [7, 11) is 1.69. The zero-order valence-corrected chi connectivity index (χ0v) is 11.1. The number of piperidine rings is 1. The molecule has 0 bridgehead atoms. The van der Waals surface area contributed by atoms with Crippen LogP contribution in [0.15, 0.2) is 6.20 Å². The van der Waals surface area contributed by atoms with E-state index < -0.39 is 5.82 Å². The quantitative estimate of drug-likeness (QED) is 0.846. The van der Waals surface area contributed by atoms with Crippen LogP contribution in [0, 0.1) is 5.82 Å². The van der Waals surface area contributed by atoms with Crippen molar-refractivity contribution in [2.45, 2.75) is 25.8 Å². The molecule has 0 atom stereocenters. The van der Waals surface area contributed by atoms with Gasteiger partial charge in [-0.15, -0.1) is 0 Å². The third-order valence-electron chi connectivity index (χ3n) is 3.15. The molecular formula is C12H18FN5O. The van der Waals surface area contributed by atoms with E-state index in [1.807, 2.05) is 4.90 Å². The first-order chi connectivity index (χ1) is 9.10. The Morgan fingerprint density at radius 3 is 2.74 bits per heavy atom. The van der Waals surface area contributed by atoms with Crippen LogP contribution in [0.3, 0.4) is 0 Å². The first-order valence-electron chi connectivity index (χ1n) is 6.32. The van der Waals surface area contributed by atoms with E-state index in [0.29, 0.717) is 24.9 Å². The monoisotopic (exact) mass is 267 g/mol. The average molecular weight is 267 g/mol. The molecule has 0 spiro atoms. The van der Waals surface area contributed by atoms with Gasteiger partial charge in [-0.2, -0.15) is 4.98 Å². The second-order valence-electron chi connectivity index (χ2n) is 4.58. The minimum absolute atomic E-state index is 0.0239. The van der Waals surface area contributed by atoms with Crippen LogP contribution >= 0.6 is 0 Å². The van der Waals surface area contributed by atoms with Crippen molar-refractivity contribution in [3.63, 3.8) is 0 Å². The number of carbonyl (C=O) groups is 1. The van der Waals surface area contributed by atoms with Crippen LogP contribution in [0.2, 0.25) is 0 Å². The number of nitrogens with zero attached hydrogens (tertiary/aromatic N) is 3. The van der Waals surface area contributed by atoms with Crippen molar-refractivity contribution in [1.82, 2.24) is 15.3 Å². The molecule has 19 heavy (non-hydrogen) atoms. The summed E-state index contributed by atoms with van der Waals surface area (Å²) in [5, 5.41) is 5.68. The zero-order chi connectivity index (χ0) is 13.8. The van der Waals surface area contributed by atoms with Gasteiger partial charge in [0.25, 0.3) is 0 Å². The molecule has 0 unspecified atom stereocenters. The first kappa shape index (κ1) is 13.5. The second kappa shape index (κ2) is 5.81. The maximum atomic E-state index is 13.7. The van der Waals surface area contributed by atoms with Gasteiger partial charge in [0.2, 0.25) is 11.9 Å². The van der Waals surface area contributed by atoms with Crippen molar-refractivity contribution >= 4 is 17.7 Å². The number of nitrogens with one attached hydrogen (secondary N) is 2. The fourth-order valence-electron chi connectivity index (χ4n) is 2.22. The van der Waals surface area contributed by atoms with E-state index in [-0.39, 0.29) is 11.9 Å². The van der Waals surface area contributed by atoms with Crippen LogP contribution in [0.25, 0.3) is 0 Å². The highest BCUT2D eigenvalue weighted by molar-refractivity contribution is 5.73. The van der Waals surface area contributed by atoms with E-state index in [1.54, 1.807) is 7.05 Å². The maximum Gasteiger partial charge on any atom is 0.224 e. The Labute approximate surface area is 111 Å². The lowest BCUT2D eigenvalue weighted by Gasteiger charge is -2.33. The summed E-state index contributed by atoms with van der Waals surface area (Å²) in [6.45, 7) is 2.85.